The van der Waals surface area contributed by atoms with Gasteiger partial charge < -0.3 is 4.74 Å². The van der Waals surface area contributed by atoms with Crippen LogP contribution in [0.4, 0.5) is 0 Å². The van der Waals surface area contributed by atoms with Crippen molar-refractivity contribution >= 4 is 5.97 Å². The maximum Gasteiger partial charge on any atom is 0.378 e. The van der Waals surface area contributed by atoms with Crippen molar-refractivity contribution in [3.8, 4) is 11.4 Å². The SMILES string of the molecule is CCOC(=O)c1nc(-c2cc(C)ccc2C)n(C)n1. The Kier molecular flexibility index (Phi) is 3.64. The molecule has 0 aliphatic heterocycles. The third-order valence-electron chi connectivity index (χ3n) is 2.86. The number of carbonyl (C=O) groups excluding carboxylic acids is 1. The van der Waals surface area contributed by atoms with Gasteiger partial charge in [0.25, 0.3) is 5.82 Å². The summed E-state index contributed by atoms with van der Waals surface area (Å²) >= 11 is 0. The summed E-state index contributed by atoms with van der Waals surface area (Å²) in [4.78, 5) is 15.9. The molecule has 19 heavy (non-hydrogen) atoms. The third kappa shape index (κ3) is 2.65. The zero-order valence-corrected chi connectivity index (χ0v) is 11.6. The molecule has 0 aliphatic carbocycles. The Labute approximate surface area is 112 Å². The van der Waals surface area contributed by atoms with Crippen molar-refractivity contribution < 1.29 is 9.53 Å². The van der Waals surface area contributed by atoms with E-state index in [1.807, 2.05) is 32.0 Å². The normalized spacial score (nSPS) is 10.5. The molecule has 0 unspecified atom stereocenters. The van der Waals surface area contributed by atoms with Crippen molar-refractivity contribution in [1.29, 1.82) is 0 Å². The summed E-state index contributed by atoms with van der Waals surface area (Å²) in [6, 6.07) is 6.11. The van der Waals surface area contributed by atoms with Crippen LogP contribution in [-0.2, 0) is 11.8 Å². The van der Waals surface area contributed by atoms with Crippen LogP contribution in [0.15, 0.2) is 18.2 Å². The fourth-order valence-corrected chi connectivity index (χ4v) is 1.88. The lowest BCUT2D eigenvalue weighted by molar-refractivity contribution is 0.0512. The summed E-state index contributed by atoms with van der Waals surface area (Å²) in [5.41, 5.74) is 3.21. The Morgan fingerprint density at radius 1 is 1.37 bits per heavy atom. The summed E-state index contributed by atoms with van der Waals surface area (Å²) in [6.45, 7) is 6.10. The number of nitrogens with zero attached hydrogens (tertiary/aromatic N) is 3. The van der Waals surface area contributed by atoms with Crippen LogP contribution in [-0.4, -0.2) is 27.3 Å². The largest absolute Gasteiger partial charge is 0.460 e. The van der Waals surface area contributed by atoms with Gasteiger partial charge in [-0.3, -0.25) is 0 Å². The number of carbonyl (C=O) groups is 1. The van der Waals surface area contributed by atoms with E-state index in [0.717, 1.165) is 16.7 Å². The van der Waals surface area contributed by atoms with Crippen LogP contribution in [0.25, 0.3) is 11.4 Å². The van der Waals surface area contributed by atoms with Gasteiger partial charge in [0.05, 0.1) is 6.61 Å². The van der Waals surface area contributed by atoms with Gasteiger partial charge in [0.1, 0.15) is 0 Å². The minimum absolute atomic E-state index is 0.0975. The highest BCUT2D eigenvalue weighted by Gasteiger charge is 2.17. The van der Waals surface area contributed by atoms with Crippen LogP contribution in [0.1, 0.15) is 28.7 Å². The van der Waals surface area contributed by atoms with E-state index < -0.39 is 5.97 Å². The number of rotatable bonds is 3. The second-order valence-electron chi connectivity index (χ2n) is 4.42. The lowest BCUT2D eigenvalue weighted by atomic mass is 10.1. The van der Waals surface area contributed by atoms with E-state index in [1.54, 1.807) is 18.7 Å². The number of esters is 1. The maximum atomic E-state index is 11.6. The smallest absolute Gasteiger partial charge is 0.378 e. The Bertz CT molecular complexity index is 617. The van der Waals surface area contributed by atoms with Crippen LogP contribution >= 0.6 is 0 Å². The summed E-state index contributed by atoms with van der Waals surface area (Å²) in [5.74, 6) is 0.277. The van der Waals surface area contributed by atoms with Gasteiger partial charge in [0.2, 0.25) is 0 Å². The van der Waals surface area contributed by atoms with Crippen LogP contribution < -0.4 is 0 Å². The predicted octanol–water partition coefficient (Wildman–Crippen LogP) is 2.28. The molecule has 0 spiro atoms. The van der Waals surface area contributed by atoms with Crippen molar-refractivity contribution in [1.82, 2.24) is 14.8 Å². The Morgan fingerprint density at radius 2 is 2.11 bits per heavy atom. The Balaban J connectivity index is 2.46. The molecule has 0 saturated heterocycles. The average Bonchev–Trinajstić information content (AvgIpc) is 2.75. The molecule has 5 nitrogen and oxygen atoms in total. The molecule has 0 amide bonds. The number of aryl methyl sites for hydroxylation is 3. The van der Waals surface area contributed by atoms with Gasteiger partial charge in [0.15, 0.2) is 5.82 Å². The summed E-state index contributed by atoms with van der Waals surface area (Å²) in [7, 11) is 1.77. The molecule has 0 aliphatic rings. The van der Waals surface area contributed by atoms with Crippen molar-refractivity contribution in [2.24, 2.45) is 7.05 Å². The molecule has 1 aromatic heterocycles. The van der Waals surface area contributed by atoms with Crippen molar-refractivity contribution in [3.63, 3.8) is 0 Å². The number of aromatic nitrogens is 3. The van der Waals surface area contributed by atoms with Crippen LogP contribution in [0, 0.1) is 13.8 Å². The van der Waals surface area contributed by atoms with E-state index in [9.17, 15) is 4.79 Å². The molecule has 2 rings (SSSR count). The molecular formula is C14H17N3O2. The van der Waals surface area contributed by atoms with Gasteiger partial charge in [-0.1, -0.05) is 17.7 Å². The molecule has 100 valence electrons. The number of hydrogen-bond donors (Lipinski definition) is 0. The molecule has 0 radical (unpaired) electrons. The molecule has 0 atom stereocenters. The van der Waals surface area contributed by atoms with E-state index in [2.05, 4.69) is 10.1 Å². The Hall–Kier alpha value is -2.17. The summed E-state index contributed by atoms with van der Waals surface area (Å²) in [5, 5.41) is 4.11. The van der Waals surface area contributed by atoms with E-state index in [0.29, 0.717) is 12.4 Å². The minimum Gasteiger partial charge on any atom is -0.460 e. The van der Waals surface area contributed by atoms with Gasteiger partial charge in [0, 0.05) is 12.6 Å². The second kappa shape index (κ2) is 5.22. The number of ether oxygens (including phenoxy) is 1. The van der Waals surface area contributed by atoms with Crippen molar-refractivity contribution in [2.75, 3.05) is 6.61 Å². The van der Waals surface area contributed by atoms with Gasteiger partial charge in [-0.2, -0.15) is 0 Å². The average molecular weight is 259 g/mol. The Morgan fingerprint density at radius 3 is 2.79 bits per heavy atom. The van der Waals surface area contributed by atoms with Gasteiger partial charge >= 0.3 is 5.97 Å². The highest BCUT2D eigenvalue weighted by molar-refractivity contribution is 5.85. The molecule has 1 aromatic carbocycles. The zero-order valence-electron chi connectivity index (χ0n) is 11.6. The minimum atomic E-state index is -0.491. The third-order valence-corrected chi connectivity index (χ3v) is 2.86. The quantitative estimate of drug-likeness (QED) is 0.793. The van der Waals surface area contributed by atoms with Crippen LogP contribution in [0.2, 0.25) is 0 Å². The highest BCUT2D eigenvalue weighted by Crippen LogP contribution is 2.22. The first-order valence-electron chi connectivity index (χ1n) is 6.18. The van der Waals surface area contributed by atoms with Crippen LogP contribution in [0.5, 0.6) is 0 Å². The predicted molar refractivity (Wildman–Crippen MR) is 71.9 cm³/mol. The summed E-state index contributed by atoms with van der Waals surface area (Å²) in [6.07, 6.45) is 0. The molecule has 0 saturated carbocycles. The maximum absolute atomic E-state index is 11.6. The fourth-order valence-electron chi connectivity index (χ4n) is 1.88. The second-order valence-corrected chi connectivity index (χ2v) is 4.42. The molecule has 0 bridgehead atoms. The van der Waals surface area contributed by atoms with Crippen molar-refractivity contribution in [2.45, 2.75) is 20.8 Å². The molecule has 5 heteroatoms. The monoisotopic (exact) mass is 259 g/mol. The summed E-state index contributed by atoms with van der Waals surface area (Å²) < 4.78 is 6.51. The first kappa shape index (κ1) is 13.3. The van der Waals surface area contributed by atoms with Gasteiger partial charge in [-0.05, 0) is 32.4 Å². The molecule has 1 heterocycles. The molecule has 0 N–H and O–H groups in total. The van der Waals surface area contributed by atoms with E-state index in [1.165, 1.54) is 0 Å². The fraction of sp³-hybridized carbons (Fsp3) is 0.357. The van der Waals surface area contributed by atoms with E-state index in [4.69, 9.17) is 4.74 Å². The van der Waals surface area contributed by atoms with Gasteiger partial charge in [-0.15, -0.1) is 5.10 Å². The van der Waals surface area contributed by atoms with E-state index in [-0.39, 0.29) is 5.82 Å². The highest BCUT2D eigenvalue weighted by atomic mass is 16.5. The van der Waals surface area contributed by atoms with E-state index >= 15 is 0 Å². The van der Waals surface area contributed by atoms with Gasteiger partial charge in [-0.25, -0.2) is 14.5 Å². The lowest BCUT2D eigenvalue weighted by Crippen LogP contribution is -2.07. The van der Waals surface area contributed by atoms with Crippen LogP contribution in [0.3, 0.4) is 0 Å². The first-order valence-corrected chi connectivity index (χ1v) is 6.18. The molecule has 0 fully saturated rings. The zero-order chi connectivity index (χ0) is 14.0. The lowest BCUT2D eigenvalue weighted by Gasteiger charge is -2.05. The molecule has 2 aromatic rings. The standard InChI is InChI=1S/C14H17N3O2/c1-5-19-14(18)12-15-13(17(4)16-12)11-8-9(2)6-7-10(11)3/h6-8H,5H2,1-4H3. The first-order chi connectivity index (χ1) is 9.02. The van der Waals surface area contributed by atoms with Crippen molar-refractivity contribution in [3.05, 3.63) is 35.2 Å². The number of hydrogen-bond acceptors (Lipinski definition) is 4. The number of benzene rings is 1. The molecular weight excluding hydrogens is 242 g/mol. The topological polar surface area (TPSA) is 57.0 Å².